The van der Waals surface area contributed by atoms with Gasteiger partial charge in [-0.15, -0.1) is 0 Å². The Balaban J connectivity index is 0.000001000. The zero-order valence-electron chi connectivity index (χ0n) is 9.31. The largest absolute Gasteiger partial charge is 0.565 e. The molecule has 0 saturated heterocycles. The van der Waals surface area contributed by atoms with Gasteiger partial charge in [-0.25, -0.2) is 0 Å². The van der Waals surface area contributed by atoms with Gasteiger partial charge in [0.1, 0.15) is 0 Å². The first-order valence-corrected chi connectivity index (χ1v) is 5.49. The first-order chi connectivity index (χ1) is 8.45. The van der Waals surface area contributed by atoms with Crippen molar-refractivity contribution in [2.75, 3.05) is 0 Å². The van der Waals surface area contributed by atoms with E-state index in [9.17, 15) is 0 Å². The molecule has 4 aromatic rings. The summed E-state index contributed by atoms with van der Waals surface area (Å²) in [6, 6.07) is 12.4. The normalized spacial score (nSPS) is 10.9. The summed E-state index contributed by atoms with van der Waals surface area (Å²) < 4.78 is 5.22. The van der Waals surface area contributed by atoms with Crippen LogP contribution in [0.25, 0.3) is 32.4 Å². The van der Waals surface area contributed by atoms with Gasteiger partial charge in [-0.3, -0.25) is 0 Å². The molecule has 0 aliphatic carbocycles. The molecule has 0 aliphatic rings. The van der Waals surface area contributed by atoms with Gasteiger partial charge in [0.2, 0.25) is 0 Å². The quantitative estimate of drug-likeness (QED) is 0.324. The van der Waals surface area contributed by atoms with E-state index in [1.165, 1.54) is 10.8 Å². The van der Waals surface area contributed by atoms with Crippen LogP contribution >= 0.6 is 0 Å². The van der Waals surface area contributed by atoms with Crippen LogP contribution in [0, 0.1) is 6.26 Å². The summed E-state index contributed by atoms with van der Waals surface area (Å²) >= 11 is 0. The van der Waals surface area contributed by atoms with Crippen LogP contribution in [-0.2, 0) is 20.1 Å². The fourth-order valence-corrected chi connectivity index (χ4v) is 2.41. The number of pyridine rings is 1. The Labute approximate surface area is 117 Å². The molecular weight excluding hydrogens is 402 g/mol. The van der Waals surface area contributed by atoms with E-state index in [1.807, 2.05) is 18.2 Å². The Bertz CT molecular complexity index is 781. The van der Waals surface area contributed by atoms with Crippen LogP contribution in [0.15, 0.2) is 53.3 Å². The van der Waals surface area contributed by atoms with Crippen LogP contribution in [0.2, 0.25) is 0 Å². The second kappa shape index (κ2) is 4.20. The monoisotopic (exact) mass is 411 g/mol. The summed E-state index contributed by atoms with van der Waals surface area (Å²) in [7, 11) is 0. The second-order valence-corrected chi connectivity index (χ2v) is 4.07. The molecule has 0 spiro atoms. The number of nitrogens with zero attached hydrogens (tertiary/aromatic N) is 1. The standard InChI is InChI=1S/C15H8NO.Ir/c1-2-5-11-10(4-1)12-6-3-7-16-15(12)14-9-17-8-13(11)14;/h1-8H;/q-1;. The van der Waals surface area contributed by atoms with Crippen molar-refractivity contribution in [1.82, 2.24) is 4.98 Å². The zero-order chi connectivity index (χ0) is 11.2. The molecule has 3 heteroatoms. The number of benzene rings is 2. The molecule has 0 N–H and O–H groups in total. The summed E-state index contributed by atoms with van der Waals surface area (Å²) in [5.74, 6) is 0. The average Bonchev–Trinajstić information content (AvgIpc) is 2.89. The minimum atomic E-state index is 0. The van der Waals surface area contributed by atoms with Gasteiger partial charge >= 0.3 is 0 Å². The third kappa shape index (κ3) is 1.41. The predicted molar refractivity (Wildman–Crippen MR) is 67.9 cm³/mol. The maximum Gasteiger partial charge on any atom is 0.0371 e. The first kappa shape index (κ1) is 11.4. The van der Waals surface area contributed by atoms with Crippen LogP contribution in [0.5, 0.6) is 0 Å². The van der Waals surface area contributed by atoms with E-state index in [2.05, 4.69) is 29.4 Å². The van der Waals surface area contributed by atoms with Gasteiger partial charge in [-0.05, 0) is 28.6 Å². The molecule has 0 saturated carbocycles. The number of aromatic nitrogens is 1. The van der Waals surface area contributed by atoms with E-state index >= 15 is 0 Å². The summed E-state index contributed by atoms with van der Waals surface area (Å²) in [6.45, 7) is 0. The van der Waals surface area contributed by atoms with Crippen LogP contribution in [0.1, 0.15) is 0 Å². The summed E-state index contributed by atoms with van der Waals surface area (Å²) in [5, 5.41) is 5.57. The van der Waals surface area contributed by atoms with Gasteiger partial charge in [-0.2, -0.15) is 0 Å². The Morgan fingerprint density at radius 2 is 1.61 bits per heavy atom. The molecule has 2 heterocycles. The van der Waals surface area contributed by atoms with Crippen molar-refractivity contribution < 1.29 is 24.5 Å². The summed E-state index contributed by atoms with van der Waals surface area (Å²) in [6.07, 6.45) is 6.46. The van der Waals surface area contributed by atoms with Crippen molar-refractivity contribution in [2.24, 2.45) is 0 Å². The van der Waals surface area contributed by atoms with Gasteiger partial charge in [-0.1, -0.05) is 46.5 Å². The van der Waals surface area contributed by atoms with Gasteiger partial charge < -0.3 is 9.40 Å². The smallest absolute Gasteiger partial charge is 0.0371 e. The number of hydrogen-bond acceptors (Lipinski definition) is 2. The van der Waals surface area contributed by atoms with Crippen LogP contribution in [0.3, 0.4) is 0 Å². The summed E-state index contributed by atoms with van der Waals surface area (Å²) in [4.78, 5) is 4.44. The molecule has 0 aliphatic heterocycles. The Morgan fingerprint density at radius 1 is 0.889 bits per heavy atom. The molecule has 2 aromatic heterocycles. The van der Waals surface area contributed by atoms with E-state index in [0.717, 1.165) is 21.7 Å². The number of furan rings is 1. The number of rotatable bonds is 0. The minimum Gasteiger partial charge on any atom is -0.565 e. The molecule has 2 aromatic carbocycles. The molecule has 2 nitrogen and oxygen atoms in total. The second-order valence-electron chi connectivity index (χ2n) is 4.07. The average molecular weight is 410 g/mol. The van der Waals surface area contributed by atoms with Crippen LogP contribution in [-0.4, -0.2) is 4.98 Å². The van der Waals surface area contributed by atoms with Crippen molar-refractivity contribution >= 4 is 32.4 Å². The maximum absolute atomic E-state index is 5.22. The Kier molecular flexibility index (Phi) is 2.66. The van der Waals surface area contributed by atoms with E-state index in [-0.39, 0.29) is 20.1 Å². The topological polar surface area (TPSA) is 26.0 Å². The van der Waals surface area contributed by atoms with Crippen molar-refractivity contribution in [3.05, 3.63) is 55.1 Å². The first-order valence-electron chi connectivity index (χ1n) is 5.49. The van der Waals surface area contributed by atoms with Crippen LogP contribution < -0.4 is 0 Å². The van der Waals surface area contributed by atoms with Crippen molar-refractivity contribution in [3.8, 4) is 0 Å². The molecule has 0 amide bonds. The molecule has 89 valence electrons. The molecule has 0 bridgehead atoms. The fourth-order valence-electron chi connectivity index (χ4n) is 2.41. The zero-order valence-corrected chi connectivity index (χ0v) is 11.7. The predicted octanol–water partition coefficient (Wildman–Crippen LogP) is 3.93. The van der Waals surface area contributed by atoms with Crippen molar-refractivity contribution in [2.45, 2.75) is 0 Å². The summed E-state index contributed by atoms with van der Waals surface area (Å²) in [5.41, 5.74) is 0.954. The van der Waals surface area contributed by atoms with E-state index in [0.29, 0.717) is 0 Å². The molecule has 0 fully saturated rings. The minimum absolute atomic E-state index is 0. The Morgan fingerprint density at radius 3 is 2.44 bits per heavy atom. The molecule has 18 heavy (non-hydrogen) atoms. The molecule has 1 radical (unpaired) electrons. The van der Waals surface area contributed by atoms with E-state index < -0.39 is 0 Å². The van der Waals surface area contributed by atoms with E-state index in [4.69, 9.17) is 4.42 Å². The Hall–Kier alpha value is -1.70. The number of fused-ring (bicyclic) bond motifs is 6. The molecule has 0 atom stereocenters. The van der Waals surface area contributed by atoms with E-state index in [1.54, 1.807) is 12.5 Å². The van der Waals surface area contributed by atoms with Crippen molar-refractivity contribution in [1.29, 1.82) is 0 Å². The van der Waals surface area contributed by atoms with Crippen LogP contribution in [0.4, 0.5) is 0 Å². The van der Waals surface area contributed by atoms with Gasteiger partial charge in [0.05, 0.1) is 0 Å². The molecule has 4 rings (SSSR count). The molecule has 0 unspecified atom stereocenters. The number of hydrogen-bond donors (Lipinski definition) is 0. The maximum atomic E-state index is 5.22. The van der Waals surface area contributed by atoms with Gasteiger partial charge in [0.25, 0.3) is 0 Å². The van der Waals surface area contributed by atoms with Crippen molar-refractivity contribution in [3.63, 3.8) is 0 Å². The SMILES string of the molecule is [Ir].[c-]1occ2c1c1ncccc1c1ccccc21. The third-order valence-electron chi connectivity index (χ3n) is 3.16. The van der Waals surface area contributed by atoms with Gasteiger partial charge in [0, 0.05) is 32.6 Å². The third-order valence-corrected chi connectivity index (χ3v) is 3.16. The molecular formula is C15H8IrNO-. The van der Waals surface area contributed by atoms with Gasteiger partial charge in [0.15, 0.2) is 0 Å². The fraction of sp³-hybridized carbons (Fsp3) is 0.